The summed E-state index contributed by atoms with van der Waals surface area (Å²) in [5.74, 6) is 5.89. The van der Waals surface area contributed by atoms with Crippen molar-refractivity contribution in [1.29, 1.82) is 0 Å². The van der Waals surface area contributed by atoms with Crippen molar-refractivity contribution in [3.8, 4) is 17.5 Å². The fraction of sp³-hybridized carbons (Fsp3) is 0.125. The number of tetrazole rings is 1. The SMILES string of the molecule is O=C(OCC#CCSc1nnnn1-c1ccc(Br)cc1)c1cccs1. The molecule has 3 aromatic rings. The average molecular weight is 435 g/mol. The van der Waals surface area contributed by atoms with Crippen LogP contribution in [0.1, 0.15) is 9.67 Å². The number of esters is 1. The molecule has 0 radical (unpaired) electrons. The molecule has 0 N–H and O–H groups in total. The number of hydrogen-bond acceptors (Lipinski definition) is 7. The molecule has 126 valence electrons. The van der Waals surface area contributed by atoms with Crippen LogP contribution < -0.4 is 0 Å². The van der Waals surface area contributed by atoms with E-state index < -0.39 is 0 Å². The van der Waals surface area contributed by atoms with Gasteiger partial charge in [-0.05, 0) is 46.1 Å². The maximum Gasteiger partial charge on any atom is 0.349 e. The average Bonchev–Trinajstić information content (AvgIpc) is 3.30. The van der Waals surface area contributed by atoms with E-state index in [1.807, 2.05) is 29.6 Å². The third-order valence-corrected chi connectivity index (χ3v) is 5.09. The number of halogens is 1. The normalized spacial score (nSPS) is 10.1. The number of ether oxygens (including phenoxy) is 1. The number of nitrogens with zero attached hydrogens (tertiary/aromatic N) is 4. The smallest absolute Gasteiger partial charge is 0.349 e. The zero-order chi connectivity index (χ0) is 17.5. The van der Waals surface area contributed by atoms with Crippen LogP contribution in [0.5, 0.6) is 0 Å². The summed E-state index contributed by atoms with van der Waals surface area (Å²) in [7, 11) is 0. The largest absolute Gasteiger partial charge is 0.448 e. The Morgan fingerprint density at radius 2 is 2.12 bits per heavy atom. The van der Waals surface area contributed by atoms with Crippen LogP contribution in [0.25, 0.3) is 5.69 Å². The second-order valence-corrected chi connectivity index (χ2v) is 7.35. The molecular weight excluding hydrogens is 424 g/mol. The van der Waals surface area contributed by atoms with E-state index in [1.54, 1.807) is 16.8 Å². The molecule has 1 aromatic carbocycles. The lowest BCUT2D eigenvalue weighted by molar-refractivity contribution is 0.0562. The number of rotatable bonds is 5. The molecule has 0 atom stereocenters. The highest BCUT2D eigenvalue weighted by Gasteiger charge is 2.08. The summed E-state index contributed by atoms with van der Waals surface area (Å²) in [6.07, 6.45) is 0. The van der Waals surface area contributed by atoms with E-state index in [4.69, 9.17) is 4.74 Å². The summed E-state index contributed by atoms with van der Waals surface area (Å²) < 4.78 is 7.70. The first-order valence-corrected chi connectivity index (χ1v) is 9.73. The lowest BCUT2D eigenvalue weighted by Gasteiger charge is -2.02. The van der Waals surface area contributed by atoms with Gasteiger partial charge in [0.25, 0.3) is 0 Å². The topological polar surface area (TPSA) is 69.9 Å². The summed E-state index contributed by atoms with van der Waals surface area (Å²) in [5.41, 5.74) is 0.869. The minimum absolute atomic E-state index is 0.0644. The third-order valence-electron chi connectivity index (χ3n) is 2.91. The van der Waals surface area contributed by atoms with Crippen LogP contribution in [0.2, 0.25) is 0 Å². The van der Waals surface area contributed by atoms with Crippen molar-refractivity contribution in [2.45, 2.75) is 5.16 Å². The van der Waals surface area contributed by atoms with Crippen LogP contribution in [0.15, 0.2) is 51.4 Å². The maximum atomic E-state index is 11.6. The van der Waals surface area contributed by atoms with Gasteiger partial charge in [0.05, 0.1) is 11.4 Å². The number of carbonyl (C=O) groups is 1. The molecule has 2 heterocycles. The molecule has 0 saturated carbocycles. The summed E-state index contributed by atoms with van der Waals surface area (Å²) in [6.45, 7) is 0.0644. The number of benzene rings is 1. The van der Waals surface area contributed by atoms with Crippen LogP contribution in [-0.2, 0) is 4.74 Å². The van der Waals surface area contributed by atoms with Crippen molar-refractivity contribution in [3.63, 3.8) is 0 Å². The van der Waals surface area contributed by atoms with E-state index in [-0.39, 0.29) is 12.6 Å². The molecule has 0 aliphatic rings. The standard InChI is InChI=1S/C16H11BrN4O2S2/c17-12-5-7-13(8-6-12)21-16(18-19-20-21)25-10-2-1-9-23-15(22)14-4-3-11-24-14/h3-8,11H,9-10H2. The van der Waals surface area contributed by atoms with E-state index in [1.165, 1.54) is 23.1 Å². The van der Waals surface area contributed by atoms with Crippen LogP contribution in [0.4, 0.5) is 0 Å². The van der Waals surface area contributed by atoms with E-state index in [2.05, 4.69) is 43.3 Å². The number of aromatic nitrogens is 4. The number of carbonyl (C=O) groups excluding carboxylic acids is 1. The van der Waals surface area contributed by atoms with Gasteiger partial charge in [-0.25, -0.2) is 4.79 Å². The van der Waals surface area contributed by atoms with Crippen LogP contribution in [0, 0.1) is 11.8 Å². The Labute approximate surface area is 160 Å². The van der Waals surface area contributed by atoms with Crippen molar-refractivity contribution in [3.05, 3.63) is 51.1 Å². The Balaban J connectivity index is 1.50. The van der Waals surface area contributed by atoms with Gasteiger partial charge in [-0.1, -0.05) is 45.6 Å². The highest BCUT2D eigenvalue weighted by atomic mass is 79.9. The van der Waals surface area contributed by atoms with Crippen molar-refractivity contribution in [2.75, 3.05) is 12.4 Å². The molecule has 9 heteroatoms. The Morgan fingerprint density at radius 1 is 1.28 bits per heavy atom. The summed E-state index contributed by atoms with van der Waals surface area (Å²) in [4.78, 5) is 12.2. The maximum absolute atomic E-state index is 11.6. The lowest BCUT2D eigenvalue weighted by atomic mass is 10.3. The fourth-order valence-electron chi connectivity index (χ4n) is 1.78. The molecule has 0 amide bonds. The van der Waals surface area contributed by atoms with Gasteiger partial charge < -0.3 is 4.74 Å². The van der Waals surface area contributed by atoms with E-state index in [0.29, 0.717) is 15.8 Å². The second kappa shape index (κ2) is 8.80. The fourth-order valence-corrected chi connectivity index (χ4v) is 3.33. The predicted octanol–water partition coefficient (Wildman–Crippen LogP) is 3.44. The van der Waals surface area contributed by atoms with Gasteiger partial charge in [0.2, 0.25) is 5.16 Å². The number of thioether (sulfide) groups is 1. The predicted molar refractivity (Wildman–Crippen MR) is 100.0 cm³/mol. The van der Waals surface area contributed by atoms with Gasteiger partial charge in [0.1, 0.15) is 4.88 Å². The molecule has 3 rings (SSSR count). The third kappa shape index (κ3) is 4.92. The van der Waals surface area contributed by atoms with Gasteiger partial charge in [-0.15, -0.1) is 16.4 Å². The molecule has 6 nitrogen and oxygen atoms in total. The molecule has 0 unspecified atom stereocenters. The minimum atomic E-state index is -0.351. The molecule has 0 saturated heterocycles. The highest BCUT2D eigenvalue weighted by molar-refractivity contribution is 9.10. The second-order valence-electron chi connectivity index (χ2n) is 4.55. The van der Waals surface area contributed by atoms with E-state index >= 15 is 0 Å². The lowest BCUT2D eigenvalue weighted by Crippen LogP contribution is -2.02. The molecule has 0 spiro atoms. The van der Waals surface area contributed by atoms with Gasteiger partial charge in [0, 0.05) is 4.47 Å². The molecule has 0 aliphatic carbocycles. The monoisotopic (exact) mass is 434 g/mol. The van der Waals surface area contributed by atoms with Crippen LogP contribution in [-0.4, -0.2) is 38.5 Å². The Morgan fingerprint density at radius 3 is 2.88 bits per heavy atom. The van der Waals surface area contributed by atoms with Crippen LogP contribution >= 0.6 is 39.0 Å². The first kappa shape index (κ1) is 17.7. The Kier molecular flexibility index (Phi) is 6.22. The van der Waals surface area contributed by atoms with E-state index in [9.17, 15) is 4.79 Å². The molecule has 0 fully saturated rings. The summed E-state index contributed by atoms with van der Waals surface area (Å²) in [6, 6.07) is 11.2. The number of thiophene rings is 1. The zero-order valence-corrected chi connectivity index (χ0v) is 16.0. The quantitative estimate of drug-likeness (QED) is 0.348. The van der Waals surface area contributed by atoms with Gasteiger partial charge >= 0.3 is 5.97 Å². The zero-order valence-electron chi connectivity index (χ0n) is 12.8. The molecule has 0 aliphatic heterocycles. The van der Waals surface area contributed by atoms with Crippen molar-refractivity contribution in [2.24, 2.45) is 0 Å². The first-order chi connectivity index (χ1) is 12.2. The molecule has 2 aromatic heterocycles. The highest BCUT2D eigenvalue weighted by Crippen LogP contribution is 2.19. The van der Waals surface area contributed by atoms with Crippen molar-refractivity contribution in [1.82, 2.24) is 20.2 Å². The Bertz CT molecular complexity index is 898. The van der Waals surface area contributed by atoms with Gasteiger partial charge in [-0.2, -0.15) is 4.68 Å². The van der Waals surface area contributed by atoms with Crippen molar-refractivity contribution >= 4 is 45.0 Å². The number of hydrogen-bond donors (Lipinski definition) is 0. The Hall–Kier alpha value is -2.15. The minimum Gasteiger partial charge on any atom is -0.448 e. The summed E-state index contributed by atoms with van der Waals surface area (Å²) in [5, 5.41) is 14.2. The molecule has 25 heavy (non-hydrogen) atoms. The van der Waals surface area contributed by atoms with Gasteiger partial charge in [0.15, 0.2) is 6.61 Å². The van der Waals surface area contributed by atoms with Crippen LogP contribution in [0.3, 0.4) is 0 Å². The van der Waals surface area contributed by atoms with Crippen molar-refractivity contribution < 1.29 is 9.53 Å². The molecule has 0 bridgehead atoms. The van der Waals surface area contributed by atoms with Gasteiger partial charge in [-0.3, -0.25) is 0 Å². The summed E-state index contributed by atoms with van der Waals surface area (Å²) >= 11 is 6.15. The molecular formula is C16H11BrN4O2S2. The first-order valence-electron chi connectivity index (χ1n) is 7.07. The van der Waals surface area contributed by atoms with E-state index in [0.717, 1.165) is 10.2 Å².